The predicted molar refractivity (Wildman–Crippen MR) is 91.5 cm³/mol. The second-order valence-electron chi connectivity index (χ2n) is 5.89. The van der Waals surface area contributed by atoms with Crippen molar-refractivity contribution in [2.75, 3.05) is 39.3 Å². The van der Waals surface area contributed by atoms with Crippen LogP contribution in [0, 0.1) is 0 Å². The third kappa shape index (κ3) is 4.34. The van der Waals surface area contributed by atoms with Crippen molar-refractivity contribution in [2.24, 2.45) is 7.05 Å². The fourth-order valence-electron chi connectivity index (χ4n) is 2.89. The molecule has 1 aliphatic heterocycles. The summed E-state index contributed by atoms with van der Waals surface area (Å²) in [6, 6.07) is 0. The molecule has 24 heavy (non-hydrogen) atoms. The molecule has 1 fully saturated rings. The van der Waals surface area contributed by atoms with Gasteiger partial charge in [0.25, 0.3) is 10.2 Å². The van der Waals surface area contributed by atoms with Crippen LogP contribution in [-0.2, 0) is 28.5 Å². The number of carbonyl (C=O) groups excluding carboxylic acids is 1. The average Bonchev–Trinajstić information content (AvgIpc) is 2.99. The fourth-order valence-corrected chi connectivity index (χ4v) is 4.50. The highest BCUT2D eigenvalue weighted by Gasteiger charge is 2.31. The fraction of sp³-hybridized carbons (Fsp3) is 0.733. The Kier molecular flexibility index (Phi) is 6.36. The molecule has 1 aliphatic rings. The average molecular weight is 357 g/mol. The topological polar surface area (TPSA) is 78.8 Å². The maximum absolute atomic E-state index is 12.5. The normalized spacial score (nSPS) is 16.8. The van der Waals surface area contributed by atoms with Crippen molar-refractivity contribution in [1.29, 1.82) is 0 Å². The van der Waals surface area contributed by atoms with E-state index in [-0.39, 0.29) is 5.91 Å². The molecule has 2 rings (SSSR count). The molecule has 0 unspecified atom stereocenters. The van der Waals surface area contributed by atoms with Crippen LogP contribution < -0.4 is 0 Å². The van der Waals surface area contributed by atoms with Gasteiger partial charge in [0, 0.05) is 58.9 Å². The lowest BCUT2D eigenvalue weighted by atomic mass is 10.2. The van der Waals surface area contributed by atoms with E-state index in [0.717, 1.165) is 5.56 Å². The molecule has 1 saturated heterocycles. The van der Waals surface area contributed by atoms with E-state index in [4.69, 9.17) is 0 Å². The first-order valence-electron chi connectivity index (χ1n) is 8.39. The second kappa shape index (κ2) is 8.09. The summed E-state index contributed by atoms with van der Waals surface area (Å²) in [5.41, 5.74) is 1.04. The largest absolute Gasteiger partial charge is 0.340 e. The molecule has 0 atom stereocenters. The maximum Gasteiger partial charge on any atom is 0.282 e. The standard InChI is InChI=1S/C15H27N5O3S/c1-4-19(5-2)24(22,23)20-10-8-18(9-11-20)15(21)7-6-14-12-16-17(3)13-14/h12-13H,4-11H2,1-3H3. The Hall–Kier alpha value is -1.45. The van der Waals surface area contributed by atoms with Gasteiger partial charge in [0.05, 0.1) is 6.20 Å². The van der Waals surface area contributed by atoms with E-state index in [2.05, 4.69) is 5.10 Å². The highest BCUT2D eigenvalue weighted by molar-refractivity contribution is 7.86. The third-order valence-corrected chi connectivity index (χ3v) is 6.52. The Balaban J connectivity index is 1.84. The van der Waals surface area contributed by atoms with Crippen LogP contribution in [0.4, 0.5) is 0 Å². The first-order valence-corrected chi connectivity index (χ1v) is 9.78. The van der Waals surface area contributed by atoms with Gasteiger partial charge in [-0.15, -0.1) is 0 Å². The van der Waals surface area contributed by atoms with E-state index < -0.39 is 10.2 Å². The zero-order chi connectivity index (χ0) is 17.7. The number of piperazine rings is 1. The Morgan fingerprint density at radius 1 is 1.21 bits per heavy atom. The summed E-state index contributed by atoms with van der Waals surface area (Å²) in [6.07, 6.45) is 4.75. The number of nitrogens with zero attached hydrogens (tertiary/aromatic N) is 5. The molecule has 9 heteroatoms. The lowest BCUT2D eigenvalue weighted by Crippen LogP contribution is -2.54. The summed E-state index contributed by atoms with van der Waals surface area (Å²) in [5.74, 6) is 0.0683. The number of amides is 1. The van der Waals surface area contributed by atoms with Gasteiger partial charge in [0.2, 0.25) is 5.91 Å². The molecular formula is C15H27N5O3S. The molecule has 1 aromatic heterocycles. The molecule has 136 valence electrons. The van der Waals surface area contributed by atoms with Gasteiger partial charge in [-0.05, 0) is 12.0 Å². The van der Waals surface area contributed by atoms with Crippen LogP contribution >= 0.6 is 0 Å². The zero-order valence-electron chi connectivity index (χ0n) is 14.7. The lowest BCUT2D eigenvalue weighted by Gasteiger charge is -2.36. The molecule has 8 nitrogen and oxygen atoms in total. The number of aryl methyl sites for hydroxylation is 2. The number of hydrogen-bond donors (Lipinski definition) is 0. The first-order chi connectivity index (χ1) is 11.4. The minimum absolute atomic E-state index is 0.0683. The Bertz CT molecular complexity index is 646. The van der Waals surface area contributed by atoms with E-state index in [1.807, 2.05) is 27.1 Å². The smallest absolute Gasteiger partial charge is 0.282 e. The van der Waals surface area contributed by atoms with E-state index in [1.54, 1.807) is 15.8 Å². The van der Waals surface area contributed by atoms with E-state index >= 15 is 0 Å². The summed E-state index contributed by atoms with van der Waals surface area (Å²) in [6.45, 7) is 6.21. The van der Waals surface area contributed by atoms with Crippen molar-refractivity contribution in [3.8, 4) is 0 Å². The van der Waals surface area contributed by atoms with Gasteiger partial charge < -0.3 is 4.90 Å². The molecular weight excluding hydrogens is 330 g/mol. The summed E-state index contributed by atoms with van der Waals surface area (Å²) < 4.78 is 29.6. The lowest BCUT2D eigenvalue weighted by molar-refractivity contribution is -0.132. The molecule has 1 aromatic rings. The molecule has 0 aliphatic carbocycles. The maximum atomic E-state index is 12.5. The van der Waals surface area contributed by atoms with Crippen LogP contribution in [0.1, 0.15) is 25.8 Å². The van der Waals surface area contributed by atoms with Gasteiger partial charge in [0.1, 0.15) is 0 Å². The van der Waals surface area contributed by atoms with Gasteiger partial charge in [-0.25, -0.2) is 0 Å². The molecule has 0 N–H and O–H groups in total. The Morgan fingerprint density at radius 2 is 1.83 bits per heavy atom. The molecule has 0 aromatic carbocycles. The van der Waals surface area contributed by atoms with Crippen LogP contribution in [0.5, 0.6) is 0 Å². The van der Waals surface area contributed by atoms with E-state index in [9.17, 15) is 13.2 Å². The second-order valence-corrected chi connectivity index (χ2v) is 7.82. The quantitative estimate of drug-likeness (QED) is 0.692. The summed E-state index contributed by atoms with van der Waals surface area (Å²) in [7, 11) is -1.56. The summed E-state index contributed by atoms with van der Waals surface area (Å²) in [4.78, 5) is 14.1. The van der Waals surface area contributed by atoms with Crippen LogP contribution in [0.15, 0.2) is 12.4 Å². The number of hydrogen-bond acceptors (Lipinski definition) is 4. The molecule has 0 bridgehead atoms. The van der Waals surface area contributed by atoms with Crippen molar-refractivity contribution in [2.45, 2.75) is 26.7 Å². The predicted octanol–water partition coefficient (Wildman–Crippen LogP) is 0.0835. The Morgan fingerprint density at radius 3 is 2.33 bits per heavy atom. The molecule has 0 saturated carbocycles. The zero-order valence-corrected chi connectivity index (χ0v) is 15.5. The SMILES string of the molecule is CCN(CC)S(=O)(=O)N1CCN(C(=O)CCc2cnn(C)c2)CC1. The highest BCUT2D eigenvalue weighted by Crippen LogP contribution is 2.13. The third-order valence-electron chi connectivity index (χ3n) is 4.34. The van der Waals surface area contributed by atoms with Gasteiger partial charge in [-0.3, -0.25) is 9.48 Å². The van der Waals surface area contributed by atoms with Crippen molar-refractivity contribution >= 4 is 16.1 Å². The van der Waals surface area contributed by atoms with Gasteiger partial charge in [-0.1, -0.05) is 13.8 Å². The van der Waals surface area contributed by atoms with Crippen LogP contribution in [0.3, 0.4) is 0 Å². The molecule has 2 heterocycles. The molecule has 0 spiro atoms. The highest BCUT2D eigenvalue weighted by atomic mass is 32.2. The van der Waals surface area contributed by atoms with Crippen molar-refractivity contribution in [3.63, 3.8) is 0 Å². The van der Waals surface area contributed by atoms with Crippen molar-refractivity contribution in [3.05, 3.63) is 18.0 Å². The van der Waals surface area contributed by atoms with Crippen LogP contribution in [0.2, 0.25) is 0 Å². The van der Waals surface area contributed by atoms with Crippen LogP contribution in [-0.4, -0.2) is 76.9 Å². The van der Waals surface area contributed by atoms with E-state index in [0.29, 0.717) is 52.1 Å². The first kappa shape index (κ1) is 18.9. The number of aromatic nitrogens is 2. The minimum Gasteiger partial charge on any atom is -0.340 e. The van der Waals surface area contributed by atoms with Crippen molar-refractivity contribution < 1.29 is 13.2 Å². The van der Waals surface area contributed by atoms with Crippen molar-refractivity contribution in [1.82, 2.24) is 23.3 Å². The molecule has 1 amide bonds. The van der Waals surface area contributed by atoms with E-state index in [1.165, 1.54) is 8.61 Å². The summed E-state index contributed by atoms with van der Waals surface area (Å²) in [5, 5.41) is 4.09. The minimum atomic E-state index is -3.41. The monoisotopic (exact) mass is 357 g/mol. The van der Waals surface area contributed by atoms with Gasteiger partial charge in [0.15, 0.2) is 0 Å². The summed E-state index contributed by atoms with van der Waals surface area (Å²) >= 11 is 0. The Labute approximate surface area is 144 Å². The van der Waals surface area contributed by atoms with Gasteiger partial charge in [-0.2, -0.15) is 22.1 Å². The van der Waals surface area contributed by atoms with Gasteiger partial charge >= 0.3 is 0 Å². The molecule has 0 radical (unpaired) electrons. The number of carbonyl (C=O) groups is 1. The number of rotatable bonds is 7. The van der Waals surface area contributed by atoms with Crippen LogP contribution in [0.25, 0.3) is 0 Å².